The van der Waals surface area contributed by atoms with Crippen molar-refractivity contribution in [2.75, 3.05) is 25.1 Å². The first kappa shape index (κ1) is 12.8. The molecular weight excluding hydrogens is 234 g/mol. The number of anilines is 1. The van der Waals surface area contributed by atoms with Crippen LogP contribution >= 0.6 is 0 Å². The molecule has 0 saturated carbocycles. The van der Waals surface area contributed by atoms with Gasteiger partial charge in [0.1, 0.15) is 0 Å². The molecule has 1 fully saturated rings. The molecule has 98 valence electrons. The van der Waals surface area contributed by atoms with Crippen molar-refractivity contribution >= 4 is 11.5 Å². The molecule has 1 unspecified atom stereocenters. The van der Waals surface area contributed by atoms with Gasteiger partial charge in [-0.2, -0.15) is 0 Å². The summed E-state index contributed by atoms with van der Waals surface area (Å²) in [6, 6.07) is 1.53. The van der Waals surface area contributed by atoms with E-state index in [4.69, 9.17) is 4.74 Å². The molecule has 2 heterocycles. The second-order valence-corrected chi connectivity index (χ2v) is 4.60. The van der Waals surface area contributed by atoms with E-state index in [1.54, 1.807) is 13.1 Å². The molecule has 1 N–H and O–H groups in total. The van der Waals surface area contributed by atoms with E-state index in [1.165, 1.54) is 6.07 Å². The van der Waals surface area contributed by atoms with Crippen molar-refractivity contribution in [1.29, 1.82) is 0 Å². The lowest BCUT2D eigenvalue weighted by molar-refractivity contribution is -0.384. The average molecular weight is 251 g/mol. The minimum absolute atomic E-state index is 0.0340. The van der Waals surface area contributed by atoms with Crippen LogP contribution in [-0.2, 0) is 4.74 Å². The molecule has 0 bridgehead atoms. The average Bonchev–Trinajstić information content (AvgIpc) is 2.38. The fourth-order valence-corrected chi connectivity index (χ4v) is 2.04. The van der Waals surface area contributed by atoms with Crippen LogP contribution in [0.4, 0.5) is 11.5 Å². The number of hydrogen-bond acceptors (Lipinski definition) is 5. The van der Waals surface area contributed by atoms with Gasteiger partial charge in [-0.1, -0.05) is 0 Å². The highest BCUT2D eigenvalue weighted by Crippen LogP contribution is 2.23. The largest absolute Gasteiger partial charge is 0.381 e. The van der Waals surface area contributed by atoms with Gasteiger partial charge in [0.05, 0.1) is 11.5 Å². The van der Waals surface area contributed by atoms with Crippen molar-refractivity contribution < 1.29 is 9.66 Å². The summed E-state index contributed by atoms with van der Waals surface area (Å²) in [6.45, 7) is 3.99. The predicted octanol–water partition coefficient (Wildman–Crippen LogP) is 2.14. The van der Waals surface area contributed by atoms with Gasteiger partial charge in [0, 0.05) is 25.4 Å². The van der Waals surface area contributed by atoms with Crippen molar-refractivity contribution in [2.45, 2.75) is 19.8 Å². The Balaban J connectivity index is 2.01. The monoisotopic (exact) mass is 251 g/mol. The van der Waals surface area contributed by atoms with Gasteiger partial charge >= 0.3 is 5.69 Å². The van der Waals surface area contributed by atoms with Crippen molar-refractivity contribution in [3.8, 4) is 0 Å². The number of ether oxygens (including phenoxy) is 1. The molecule has 1 aromatic heterocycles. The van der Waals surface area contributed by atoms with E-state index in [2.05, 4.69) is 10.3 Å². The third-order valence-corrected chi connectivity index (χ3v) is 3.01. The topological polar surface area (TPSA) is 77.3 Å². The number of pyridine rings is 1. The van der Waals surface area contributed by atoms with Crippen LogP contribution in [0.15, 0.2) is 12.3 Å². The lowest BCUT2D eigenvalue weighted by Crippen LogP contribution is -2.24. The van der Waals surface area contributed by atoms with Crippen molar-refractivity contribution in [3.63, 3.8) is 0 Å². The molecule has 1 saturated heterocycles. The maximum Gasteiger partial charge on any atom is 0.311 e. The molecule has 1 aliphatic rings. The Labute approximate surface area is 106 Å². The first-order chi connectivity index (χ1) is 8.66. The van der Waals surface area contributed by atoms with Crippen LogP contribution in [-0.4, -0.2) is 29.7 Å². The van der Waals surface area contributed by atoms with Gasteiger partial charge in [0.2, 0.25) is 5.82 Å². The Hall–Kier alpha value is -1.69. The van der Waals surface area contributed by atoms with Crippen LogP contribution < -0.4 is 5.32 Å². The first-order valence-corrected chi connectivity index (χ1v) is 6.09. The molecule has 0 spiro atoms. The van der Waals surface area contributed by atoms with E-state index in [0.717, 1.165) is 25.0 Å². The molecule has 1 aliphatic heterocycles. The minimum atomic E-state index is -0.403. The van der Waals surface area contributed by atoms with Crippen LogP contribution in [0.5, 0.6) is 0 Å². The molecule has 6 nitrogen and oxygen atoms in total. The zero-order valence-corrected chi connectivity index (χ0v) is 10.4. The quantitative estimate of drug-likeness (QED) is 0.655. The standard InChI is InChI=1S/C12H17N3O3/c1-9-5-11(15(16)17)12(13-6-9)14-7-10-3-2-4-18-8-10/h5-6,10H,2-4,7-8H2,1H3,(H,13,14). The van der Waals surface area contributed by atoms with Crippen molar-refractivity contribution in [3.05, 3.63) is 27.9 Å². The number of nitrogens with zero attached hydrogens (tertiary/aromatic N) is 2. The molecule has 0 aliphatic carbocycles. The second-order valence-electron chi connectivity index (χ2n) is 4.60. The summed E-state index contributed by atoms with van der Waals surface area (Å²) in [6.07, 6.45) is 3.77. The van der Waals surface area contributed by atoms with E-state index in [-0.39, 0.29) is 5.69 Å². The maximum atomic E-state index is 10.9. The van der Waals surface area contributed by atoms with Gasteiger partial charge in [-0.25, -0.2) is 4.98 Å². The summed E-state index contributed by atoms with van der Waals surface area (Å²) in [5, 5.41) is 14.0. The van der Waals surface area contributed by atoms with Crippen LogP contribution in [0.1, 0.15) is 18.4 Å². The third kappa shape index (κ3) is 3.16. The number of hydrogen-bond donors (Lipinski definition) is 1. The molecule has 6 heteroatoms. The normalized spacial score (nSPS) is 19.5. The Bertz CT molecular complexity index is 431. The summed E-state index contributed by atoms with van der Waals surface area (Å²) in [7, 11) is 0. The number of nitrogens with one attached hydrogen (secondary N) is 1. The highest BCUT2D eigenvalue weighted by molar-refractivity contribution is 5.56. The number of aryl methyl sites for hydroxylation is 1. The van der Waals surface area contributed by atoms with Gasteiger partial charge in [-0.3, -0.25) is 10.1 Å². The maximum absolute atomic E-state index is 10.9. The molecule has 1 aromatic rings. The van der Waals surface area contributed by atoms with Crippen molar-refractivity contribution in [2.24, 2.45) is 5.92 Å². The van der Waals surface area contributed by atoms with E-state index in [1.807, 2.05) is 0 Å². The third-order valence-electron chi connectivity index (χ3n) is 3.01. The van der Waals surface area contributed by atoms with Crippen LogP contribution in [0.3, 0.4) is 0 Å². The Kier molecular flexibility index (Phi) is 4.09. The lowest BCUT2D eigenvalue weighted by atomic mass is 10.0. The summed E-state index contributed by atoms with van der Waals surface area (Å²) < 4.78 is 5.37. The Morgan fingerprint density at radius 2 is 2.50 bits per heavy atom. The van der Waals surface area contributed by atoms with Gasteiger partial charge in [0.25, 0.3) is 0 Å². The summed E-state index contributed by atoms with van der Waals surface area (Å²) in [5.41, 5.74) is 0.819. The molecular formula is C12H17N3O3. The van der Waals surface area contributed by atoms with E-state index in [9.17, 15) is 10.1 Å². The fraction of sp³-hybridized carbons (Fsp3) is 0.583. The minimum Gasteiger partial charge on any atom is -0.381 e. The van der Waals surface area contributed by atoms with Gasteiger partial charge in [0.15, 0.2) is 0 Å². The predicted molar refractivity (Wildman–Crippen MR) is 67.7 cm³/mol. The zero-order valence-electron chi connectivity index (χ0n) is 10.4. The summed E-state index contributed by atoms with van der Waals surface area (Å²) in [4.78, 5) is 14.6. The number of rotatable bonds is 4. The molecule has 1 atom stereocenters. The van der Waals surface area contributed by atoms with Crippen LogP contribution in [0.2, 0.25) is 0 Å². The number of nitro groups is 1. The molecule has 0 aromatic carbocycles. The van der Waals surface area contributed by atoms with Gasteiger partial charge < -0.3 is 10.1 Å². The molecule has 0 radical (unpaired) electrons. The van der Waals surface area contributed by atoms with Crippen molar-refractivity contribution in [1.82, 2.24) is 4.98 Å². The Morgan fingerprint density at radius 1 is 1.67 bits per heavy atom. The smallest absolute Gasteiger partial charge is 0.311 e. The molecule has 2 rings (SSSR count). The number of aromatic nitrogens is 1. The van der Waals surface area contributed by atoms with E-state index in [0.29, 0.717) is 24.9 Å². The first-order valence-electron chi connectivity index (χ1n) is 6.09. The van der Waals surface area contributed by atoms with Gasteiger partial charge in [-0.05, 0) is 31.2 Å². The van der Waals surface area contributed by atoms with E-state index < -0.39 is 4.92 Å². The molecule has 18 heavy (non-hydrogen) atoms. The fourth-order valence-electron chi connectivity index (χ4n) is 2.04. The summed E-state index contributed by atoms with van der Waals surface area (Å²) in [5.74, 6) is 0.748. The lowest BCUT2D eigenvalue weighted by Gasteiger charge is -2.22. The van der Waals surface area contributed by atoms with E-state index >= 15 is 0 Å². The SMILES string of the molecule is Cc1cnc(NCC2CCCOC2)c([N+](=O)[O-])c1. The van der Waals surface area contributed by atoms with Crippen LogP contribution in [0.25, 0.3) is 0 Å². The summed E-state index contributed by atoms with van der Waals surface area (Å²) >= 11 is 0. The molecule has 0 amide bonds. The highest BCUT2D eigenvalue weighted by atomic mass is 16.6. The van der Waals surface area contributed by atoms with Crippen LogP contribution in [0, 0.1) is 23.0 Å². The Morgan fingerprint density at radius 3 is 3.17 bits per heavy atom. The highest BCUT2D eigenvalue weighted by Gasteiger charge is 2.18. The second kappa shape index (κ2) is 5.77. The zero-order chi connectivity index (χ0) is 13.0. The van der Waals surface area contributed by atoms with Gasteiger partial charge in [-0.15, -0.1) is 0 Å².